The first-order chi connectivity index (χ1) is 5.20. The van der Waals surface area contributed by atoms with Crippen LogP contribution in [0.1, 0.15) is 6.92 Å². The van der Waals surface area contributed by atoms with Gasteiger partial charge in [-0.2, -0.15) is 0 Å². The van der Waals surface area contributed by atoms with Crippen LogP contribution in [0.5, 0.6) is 0 Å². The fraction of sp³-hybridized carbons (Fsp3) is 0.571. The van der Waals surface area contributed by atoms with E-state index in [9.17, 15) is 4.79 Å². The lowest BCUT2D eigenvalue weighted by Crippen LogP contribution is -2.05. The van der Waals surface area contributed by atoms with E-state index in [0.29, 0.717) is 11.9 Å². The second-order valence-corrected chi connectivity index (χ2v) is 2.48. The quantitative estimate of drug-likeness (QED) is 0.436. The molecule has 0 aliphatic rings. The molecule has 11 heavy (non-hydrogen) atoms. The van der Waals surface area contributed by atoms with Gasteiger partial charge in [-0.15, -0.1) is 0 Å². The van der Waals surface area contributed by atoms with Crippen LogP contribution in [0, 0.1) is 0 Å². The molecule has 0 saturated carbocycles. The Morgan fingerprint density at radius 3 is 2.91 bits per heavy atom. The lowest BCUT2D eigenvalue weighted by Gasteiger charge is -1.97. The number of carbonyl (C=O) groups is 1. The van der Waals surface area contributed by atoms with Crippen LogP contribution in [0.3, 0.4) is 0 Å². The predicted octanol–water partition coefficient (Wildman–Crippen LogP) is 0.861. The lowest BCUT2D eigenvalue weighted by molar-refractivity contribution is -0.137. The highest BCUT2D eigenvalue weighted by atomic mass is 79.9. The number of ether oxygens (including phenoxy) is 1. The summed E-state index contributed by atoms with van der Waals surface area (Å²) >= 11 is 3.05. The van der Waals surface area contributed by atoms with Crippen LogP contribution in [0.15, 0.2) is 12.2 Å². The van der Waals surface area contributed by atoms with Crippen LogP contribution in [0.2, 0.25) is 0 Å². The Kier molecular flexibility index (Phi) is 6.16. The summed E-state index contributed by atoms with van der Waals surface area (Å²) < 4.78 is 4.58. The number of hydrogen-bond donors (Lipinski definition) is 1. The molecular weight excluding hydrogens is 212 g/mol. The molecule has 0 rings (SSSR count). The fourth-order valence-corrected chi connectivity index (χ4v) is 0.647. The van der Waals surface area contributed by atoms with Crippen LogP contribution < -0.4 is 0 Å². The molecule has 64 valence electrons. The third kappa shape index (κ3) is 6.06. The van der Waals surface area contributed by atoms with Crippen molar-refractivity contribution in [1.82, 2.24) is 0 Å². The summed E-state index contributed by atoms with van der Waals surface area (Å²) in [7, 11) is 0. The van der Waals surface area contributed by atoms with E-state index in [2.05, 4.69) is 20.7 Å². The number of esters is 1. The van der Waals surface area contributed by atoms with Crippen molar-refractivity contribution in [3.63, 3.8) is 0 Å². The van der Waals surface area contributed by atoms with Gasteiger partial charge < -0.3 is 9.84 Å². The average Bonchev–Trinajstić information content (AvgIpc) is 2.01. The molecule has 1 atom stereocenters. The van der Waals surface area contributed by atoms with E-state index in [-0.39, 0.29) is 0 Å². The molecule has 1 N–H and O–H groups in total. The minimum atomic E-state index is -0.626. The molecule has 0 amide bonds. The van der Waals surface area contributed by atoms with Crippen molar-refractivity contribution in [2.45, 2.75) is 13.0 Å². The smallest absolute Gasteiger partial charge is 0.330 e. The molecule has 3 nitrogen and oxygen atoms in total. The highest BCUT2D eigenvalue weighted by molar-refractivity contribution is 9.09. The zero-order chi connectivity index (χ0) is 8.69. The van der Waals surface area contributed by atoms with Crippen molar-refractivity contribution in [3.8, 4) is 0 Å². The topological polar surface area (TPSA) is 46.5 Å². The van der Waals surface area contributed by atoms with Crippen molar-refractivity contribution in [3.05, 3.63) is 12.2 Å². The summed E-state index contributed by atoms with van der Waals surface area (Å²) in [4.78, 5) is 10.6. The largest absolute Gasteiger partial charge is 0.463 e. The molecule has 0 aliphatic carbocycles. The highest BCUT2D eigenvalue weighted by Crippen LogP contribution is 1.92. The Balaban J connectivity index is 3.63. The number of rotatable bonds is 4. The molecule has 0 aromatic heterocycles. The van der Waals surface area contributed by atoms with Gasteiger partial charge in [0.25, 0.3) is 0 Å². The van der Waals surface area contributed by atoms with Crippen molar-refractivity contribution in [1.29, 1.82) is 0 Å². The molecule has 0 saturated heterocycles. The van der Waals surface area contributed by atoms with Crippen molar-refractivity contribution >= 4 is 21.9 Å². The second kappa shape index (κ2) is 6.37. The molecule has 0 spiro atoms. The van der Waals surface area contributed by atoms with E-state index in [1.165, 1.54) is 12.2 Å². The lowest BCUT2D eigenvalue weighted by atomic mass is 10.3. The summed E-state index contributed by atoms with van der Waals surface area (Å²) in [5.41, 5.74) is 0. The Morgan fingerprint density at radius 1 is 1.82 bits per heavy atom. The molecule has 1 unspecified atom stereocenters. The first-order valence-electron chi connectivity index (χ1n) is 3.29. The van der Waals surface area contributed by atoms with Gasteiger partial charge in [-0.1, -0.05) is 15.9 Å². The van der Waals surface area contributed by atoms with Crippen molar-refractivity contribution in [2.75, 3.05) is 11.9 Å². The zero-order valence-electron chi connectivity index (χ0n) is 6.29. The van der Waals surface area contributed by atoms with Gasteiger partial charge in [-0.3, -0.25) is 0 Å². The third-order valence-corrected chi connectivity index (χ3v) is 1.56. The normalized spacial score (nSPS) is 13.4. The maximum Gasteiger partial charge on any atom is 0.330 e. The molecular formula is C7H11BrO3. The monoisotopic (exact) mass is 222 g/mol. The number of carbonyl (C=O) groups excluding carboxylic acids is 1. The molecule has 0 aliphatic heterocycles. The Hall–Kier alpha value is -0.350. The van der Waals surface area contributed by atoms with Gasteiger partial charge in [0, 0.05) is 11.4 Å². The molecule has 0 aromatic carbocycles. The predicted molar refractivity (Wildman–Crippen MR) is 45.6 cm³/mol. The van der Waals surface area contributed by atoms with Gasteiger partial charge in [0.15, 0.2) is 0 Å². The Labute approximate surface area is 74.2 Å². The van der Waals surface area contributed by atoms with Gasteiger partial charge >= 0.3 is 5.97 Å². The van der Waals surface area contributed by atoms with Gasteiger partial charge in [0.1, 0.15) is 0 Å². The number of aliphatic hydroxyl groups is 1. The van der Waals surface area contributed by atoms with Gasteiger partial charge in [0.05, 0.1) is 12.7 Å². The van der Waals surface area contributed by atoms with Crippen molar-refractivity contribution in [2.24, 2.45) is 0 Å². The van der Waals surface area contributed by atoms with Crippen molar-refractivity contribution < 1.29 is 14.6 Å². The van der Waals surface area contributed by atoms with Crippen LogP contribution in [0.4, 0.5) is 0 Å². The summed E-state index contributed by atoms with van der Waals surface area (Å²) in [6.45, 7) is 2.08. The second-order valence-electron chi connectivity index (χ2n) is 1.83. The van der Waals surface area contributed by atoms with E-state index < -0.39 is 12.1 Å². The minimum Gasteiger partial charge on any atom is -0.463 e. The van der Waals surface area contributed by atoms with Crippen LogP contribution in [-0.4, -0.2) is 29.1 Å². The van der Waals surface area contributed by atoms with Crippen LogP contribution in [-0.2, 0) is 9.53 Å². The van der Waals surface area contributed by atoms with E-state index in [4.69, 9.17) is 5.11 Å². The standard InChI is InChI=1S/C7H11BrO3/c1-2-11-7(10)4-3-6(9)5-8/h3-4,6,9H,2,5H2,1H3/b4-3+. The number of hydrogen-bond acceptors (Lipinski definition) is 3. The van der Waals surface area contributed by atoms with Gasteiger partial charge in [0.2, 0.25) is 0 Å². The average molecular weight is 223 g/mol. The molecule has 0 heterocycles. The van der Waals surface area contributed by atoms with Crippen LogP contribution >= 0.6 is 15.9 Å². The van der Waals surface area contributed by atoms with E-state index in [1.54, 1.807) is 6.92 Å². The third-order valence-electron chi connectivity index (χ3n) is 0.899. The van der Waals surface area contributed by atoms with E-state index in [1.807, 2.05) is 0 Å². The number of alkyl halides is 1. The maximum absolute atomic E-state index is 10.6. The van der Waals surface area contributed by atoms with Gasteiger partial charge in [-0.05, 0) is 13.0 Å². The SMILES string of the molecule is CCOC(=O)/C=C/C(O)CBr. The Morgan fingerprint density at radius 2 is 2.45 bits per heavy atom. The number of halogens is 1. The molecule has 0 fully saturated rings. The first-order valence-corrected chi connectivity index (χ1v) is 4.41. The first kappa shape index (κ1) is 10.7. The van der Waals surface area contributed by atoms with Gasteiger partial charge in [-0.25, -0.2) is 4.79 Å². The molecule has 0 bridgehead atoms. The Bertz CT molecular complexity index is 145. The van der Waals surface area contributed by atoms with E-state index >= 15 is 0 Å². The summed E-state index contributed by atoms with van der Waals surface area (Å²) in [6, 6.07) is 0. The highest BCUT2D eigenvalue weighted by Gasteiger charge is 1.97. The maximum atomic E-state index is 10.6. The number of aliphatic hydroxyl groups excluding tert-OH is 1. The molecule has 4 heteroatoms. The van der Waals surface area contributed by atoms with E-state index in [0.717, 1.165) is 0 Å². The summed E-state index contributed by atoms with van der Waals surface area (Å²) in [5, 5.41) is 9.35. The summed E-state index contributed by atoms with van der Waals surface area (Å²) in [6.07, 6.45) is 1.97. The fourth-order valence-electron chi connectivity index (χ4n) is 0.431. The molecule has 0 radical (unpaired) electrons. The minimum absolute atomic E-state index is 0.355. The summed E-state index contributed by atoms with van der Waals surface area (Å²) in [5.74, 6) is -0.424. The molecule has 0 aromatic rings. The van der Waals surface area contributed by atoms with Crippen LogP contribution in [0.25, 0.3) is 0 Å². The zero-order valence-corrected chi connectivity index (χ0v) is 7.87.